The van der Waals surface area contributed by atoms with Crippen LogP contribution in [0.3, 0.4) is 0 Å². The molecule has 0 bridgehead atoms. The van der Waals surface area contributed by atoms with Crippen LogP contribution in [0, 0.1) is 12.7 Å². The summed E-state index contributed by atoms with van der Waals surface area (Å²) in [5, 5.41) is 7.21. The molecule has 1 fully saturated rings. The Morgan fingerprint density at radius 1 is 1.13 bits per heavy atom. The molecule has 1 aromatic carbocycles. The smallest absolute Gasteiger partial charge is 0.287 e. The van der Waals surface area contributed by atoms with Crippen molar-refractivity contribution in [3.05, 3.63) is 65.5 Å². The number of hydrogen-bond donors (Lipinski definition) is 1. The Morgan fingerprint density at radius 2 is 1.87 bits per heavy atom. The molecule has 0 radical (unpaired) electrons. The molecular weight excluding hydrogens is 389 g/mol. The Kier molecular flexibility index (Phi) is 5.83. The third kappa shape index (κ3) is 4.53. The maximum absolute atomic E-state index is 13.0. The number of benzene rings is 1. The minimum absolute atomic E-state index is 0.133. The summed E-state index contributed by atoms with van der Waals surface area (Å²) in [6, 6.07) is 9.02. The fourth-order valence-corrected chi connectivity index (χ4v) is 3.77. The first kappa shape index (κ1) is 20.1. The van der Waals surface area contributed by atoms with Crippen molar-refractivity contribution in [1.29, 1.82) is 0 Å². The molecule has 8 heteroatoms. The molecule has 1 N–H and O–H groups in total. The van der Waals surface area contributed by atoms with E-state index in [1.807, 2.05) is 0 Å². The topological polar surface area (TPSA) is 90.4 Å². The van der Waals surface area contributed by atoms with Crippen LogP contribution in [0.5, 0.6) is 5.75 Å². The van der Waals surface area contributed by atoms with Crippen molar-refractivity contribution >= 4 is 5.91 Å². The van der Waals surface area contributed by atoms with E-state index in [0.29, 0.717) is 23.2 Å². The van der Waals surface area contributed by atoms with E-state index in [2.05, 4.69) is 15.5 Å². The minimum atomic E-state index is -0.664. The second-order valence-electron chi connectivity index (χ2n) is 7.60. The summed E-state index contributed by atoms with van der Waals surface area (Å²) in [6.07, 6.45) is 5.67. The Bertz CT molecular complexity index is 988. The number of aryl methyl sites for hydroxylation is 1. The maximum Gasteiger partial charge on any atom is 0.287 e. The van der Waals surface area contributed by atoms with E-state index in [9.17, 15) is 9.18 Å². The van der Waals surface area contributed by atoms with E-state index in [0.717, 1.165) is 38.5 Å². The number of carbonyl (C=O) groups is 1. The van der Waals surface area contributed by atoms with E-state index in [1.165, 1.54) is 24.3 Å². The highest BCUT2D eigenvalue weighted by Crippen LogP contribution is 2.35. The number of ether oxygens (including phenoxy) is 1. The van der Waals surface area contributed by atoms with Crippen LogP contribution in [0.4, 0.5) is 4.39 Å². The monoisotopic (exact) mass is 413 g/mol. The SMILES string of the molecule is Cc1nc(C2(NC(=O)c3ccc(COc4ccc(F)cc4)o3)CCCCCC2)no1. The van der Waals surface area contributed by atoms with Gasteiger partial charge in [-0.05, 0) is 49.2 Å². The first-order valence-corrected chi connectivity index (χ1v) is 10.1. The molecule has 30 heavy (non-hydrogen) atoms. The van der Waals surface area contributed by atoms with Crippen LogP contribution in [0.25, 0.3) is 0 Å². The van der Waals surface area contributed by atoms with Gasteiger partial charge in [-0.15, -0.1) is 0 Å². The summed E-state index contributed by atoms with van der Waals surface area (Å²) in [5.41, 5.74) is -0.664. The molecule has 0 spiro atoms. The van der Waals surface area contributed by atoms with Crippen LogP contribution in [-0.2, 0) is 12.1 Å². The highest BCUT2D eigenvalue weighted by molar-refractivity contribution is 5.92. The molecule has 0 atom stereocenters. The Morgan fingerprint density at radius 3 is 2.53 bits per heavy atom. The van der Waals surface area contributed by atoms with Gasteiger partial charge >= 0.3 is 0 Å². The lowest BCUT2D eigenvalue weighted by atomic mass is 9.89. The highest BCUT2D eigenvalue weighted by Gasteiger charge is 2.39. The molecule has 2 heterocycles. The van der Waals surface area contributed by atoms with E-state index >= 15 is 0 Å². The number of nitrogens with zero attached hydrogens (tertiary/aromatic N) is 2. The van der Waals surface area contributed by atoms with Gasteiger partial charge in [0.25, 0.3) is 5.91 Å². The van der Waals surface area contributed by atoms with E-state index < -0.39 is 5.54 Å². The number of carbonyl (C=O) groups excluding carboxylic acids is 1. The molecule has 1 aliphatic rings. The molecule has 0 unspecified atom stereocenters. The largest absolute Gasteiger partial charge is 0.486 e. The van der Waals surface area contributed by atoms with E-state index in [-0.39, 0.29) is 24.1 Å². The van der Waals surface area contributed by atoms with Gasteiger partial charge in [-0.1, -0.05) is 30.8 Å². The van der Waals surface area contributed by atoms with Crippen LogP contribution in [0.1, 0.15) is 66.6 Å². The van der Waals surface area contributed by atoms with Crippen molar-refractivity contribution in [2.75, 3.05) is 0 Å². The van der Waals surface area contributed by atoms with Crippen molar-refractivity contribution < 1.29 is 22.9 Å². The first-order valence-electron chi connectivity index (χ1n) is 10.1. The lowest BCUT2D eigenvalue weighted by Gasteiger charge is -2.30. The van der Waals surface area contributed by atoms with Gasteiger partial charge in [-0.2, -0.15) is 4.98 Å². The summed E-state index contributed by atoms with van der Waals surface area (Å²) >= 11 is 0. The van der Waals surface area contributed by atoms with Gasteiger partial charge in [0.05, 0.1) is 0 Å². The van der Waals surface area contributed by atoms with Crippen LogP contribution in [-0.4, -0.2) is 16.0 Å². The number of furan rings is 1. The van der Waals surface area contributed by atoms with Gasteiger partial charge in [-0.3, -0.25) is 4.79 Å². The van der Waals surface area contributed by atoms with Gasteiger partial charge in [-0.25, -0.2) is 4.39 Å². The van der Waals surface area contributed by atoms with Crippen molar-refractivity contribution in [3.8, 4) is 5.75 Å². The van der Waals surface area contributed by atoms with Gasteiger partial charge in [0, 0.05) is 6.92 Å². The average molecular weight is 413 g/mol. The zero-order chi connectivity index (χ0) is 21.0. The molecular formula is C22H24FN3O4. The number of nitrogens with one attached hydrogen (secondary N) is 1. The van der Waals surface area contributed by atoms with E-state index in [1.54, 1.807) is 19.1 Å². The Hall–Kier alpha value is -3.16. The minimum Gasteiger partial charge on any atom is -0.486 e. The van der Waals surface area contributed by atoms with Crippen molar-refractivity contribution in [2.45, 2.75) is 57.6 Å². The molecule has 158 valence electrons. The summed E-state index contributed by atoms with van der Waals surface area (Å²) in [5.74, 6) is 1.54. The normalized spacial score (nSPS) is 16.1. The fraction of sp³-hybridized carbons (Fsp3) is 0.409. The summed E-state index contributed by atoms with van der Waals surface area (Å²) in [7, 11) is 0. The molecule has 1 amide bonds. The highest BCUT2D eigenvalue weighted by atomic mass is 19.1. The lowest BCUT2D eigenvalue weighted by molar-refractivity contribution is 0.0843. The Balaban J connectivity index is 1.46. The van der Waals surface area contributed by atoms with Gasteiger partial charge in [0.2, 0.25) is 5.89 Å². The number of rotatable bonds is 6. The molecule has 0 saturated heterocycles. The third-order valence-corrected chi connectivity index (χ3v) is 5.35. The van der Waals surface area contributed by atoms with Crippen LogP contribution < -0.4 is 10.1 Å². The molecule has 3 aromatic rings. The summed E-state index contributed by atoms with van der Waals surface area (Å²) < 4.78 is 29.4. The molecule has 7 nitrogen and oxygen atoms in total. The molecule has 2 aromatic heterocycles. The zero-order valence-electron chi connectivity index (χ0n) is 16.8. The van der Waals surface area contributed by atoms with Crippen molar-refractivity contribution in [3.63, 3.8) is 0 Å². The first-order chi connectivity index (χ1) is 14.5. The van der Waals surface area contributed by atoms with Crippen LogP contribution in [0.2, 0.25) is 0 Å². The van der Waals surface area contributed by atoms with Gasteiger partial charge in [0.1, 0.15) is 29.5 Å². The second kappa shape index (κ2) is 8.69. The molecule has 4 rings (SSSR count). The maximum atomic E-state index is 13.0. The second-order valence-corrected chi connectivity index (χ2v) is 7.60. The quantitative estimate of drug-likeness (QED) is 0.591. The number of hydrogen-bond acceptors (Lipinski definition) is 6. The molecule has 1 aliphatic carbocycles. The summed E-state index contributed by atoms with van der Waals surface area (Å²) in [4.78, 5) is 17.4. The van der Waals surface area contributed by atoms with Crippen LogP contribution in [0.15, 0.2) is 45.3 Å². The third-order valence-electron chi connectivity index (χ3n) is 5.35. The number of halogens is 1. The van der Waals surface area contributed by atoms with Gasteiger partial charge in [0.15, 0.2) is 11.6 Å². The zero-order valence-corrected chi connectivity index (χ0v) is 16.8. The predicted molar refractivity (Wildman–Crippen MR) is 105 cm³/mol. The number of amides is 1. The molecule has 1 saturated carbocycles. The lowest BCUT2D eigenvalue weighted by Crippen LogP contribution is -2.46. The molecule has 0 aliphatic heterocycles. The average Bonchev–Trinajstić information content (AvgIpc) is 3.33. The van der Waals surface area contributed by atoms with Gasteiger partial charge < -0.3 is 19.0 Å². The standard InChI is InChI=1S/C22H24FN3O4/c1-15-24-21(26-30-15)22(12-4-2-3-5-13-22)25-20(27)19-11-10-18(29-19)14-28-17-8-6-16(23)7-9-17/h6-11H,2-5,12-14H2,1H3,(H,25,27). The fourth-order valence-electron chi connectivity index (χ4n) is 3.77. The Labute approximate surface area is 173 Å². The predicted octanol–water partition coefficient (Wildman–Crippen LogP) is 4.67. The summed E-state index contributed by atoms with van der Waals surface area (Å²) in [6.45, 7) is 1.87. The van der Waals surface area contributed by atoms with Crippen molar-refractivity contribution in [1.82, 2.24) is 15.5 Å². The van der Waals surface area contributed by atoms with Crippen LogP contribution >= 0.6 is 0 Å². The number of aromatic nitrogens is 2. The van der Waals surface area contributed by atoms with Crippen molar-refractivity contribution in [2.24, 2.45) is 0 Å². The van der Waals surface area contributed by atoms with E-state index in [4.69, 9.17) is 13.7 Å².